The molecule has 1 unspecified atom stereocenters. The maximum atomic E-state index is 12.2. The van der Waals surface area contributed by atoms with Crippen LogP contribution in [-0.2, 0) is 6.42 Å². The SMILES string of the molecule is CCc1ccc(C2NC(=O)c3n[nH]c(-c4cccs4)c32)cc1. The van der Waals surface area contributed by atoms with Crippen molar-refractivity contribution < 1.29 is 4.79 Å². The highest BCUT2D eigenvalue weighted by Crippen LogP contribution is 2.38. The molecule has 2 N–H and O–H groups in total. The van der Waals surface area contributed by atoms with Crippen LogP contribution in [0.1, 0.15) is 40.1 Å². The van der Waals surface area contributed by atoms with E-state index in [4.69, 9.17) is 0 Å². The molecule has 3 heterocycles. The van der Waals surface area contributed by atoms with Crippen LogP contribution in [0.15, 0.2) is 41.8 Å². The minimum Gasteiger partial charge on any atom is -0.340 e. The van der Waals surface area contributed by atoms with E-state index in [2.05, 4.69) is 46.7 Å². The molecule has 0 aliphatic carbocycles. The molecule has 22 heavy (non-hydrogen) atoms. The summed E-state index contributed by atoms with van der Waals surface area (Å²) in [6.07, 6.45) is 1.01. The van der Waals surface area contributed by atoms with Gasteiger partial charge in [0.2, 0.25) is 0 Å². The first-order valence-electron chi connectivity index (χ1n) is 7.29. The van der Waals surface area contributed by atoms with E-state index in [1.54, 1.807) is 11.3 Å². The standard InChI is InChI=1S/C17H15N3OS/c1-2-10-5-7-11(8-6-10)14-13-15(12-4-3-9-22-12)19-20-16(13)17(21)18-14/h3-9,14H,2H2,1H3,(H,18,21)(H,19,20). The first-order chi connectivity index (χ1) is 10.8. The average Bonchev–Trinajstić information content (AvgIpc) is 3.25. The lowest BCUT2D eigenvalue weighted by Gasteiger charge is -2.13. The fourth-order valence-corrected chi connectivity index (χ4v) is 3.62. The number of nitrogens with zero attached hydrogens (tertiary/aromatic N) is 1. The predicted molar refractivity (Wildman–Crippen MR) is 87.0 cm³/mol. The largest absolute Gasteiger partial charge is 0.340 e. The van der Waals surface area contributed by atoms with Gasteiger partial charge in [-0.25, -0.2) is 0 Å². The summed E-state index contributed by atoms with van der Waals surface area (Å²) >= 11 is 1.64. The number of fused-ring (bicyclic) bond motifs is 1. The van der Waals surface area contributed by atoms with Gasteiger partial charge in [0, 0.05) is 5.56 Å². The highest BCUT2D eigenvalue weighted by molar-refractivity contribution is 7.13. The molecule has 1 aliphatic rings. The minimum atomic E-state index is -0.135. The van der Waals surface area contributed by atoms with Gasteiger partial charge in [-0.15, -0.1) is 11.3 Å². The zero-order valence-electron chi connectivity index (χ0n) is 12.1. The maximum absolute atomic E-state index is 12.2. The molecule has 1 aliphatic heterocycles. The maximum Gasteiger partial charge on any atom is 0.272 e. The Morgan fingerprint density at radius 3 is 2.73 bits per heavy atom. The molecule has 5 heteroatoms. The van der Waals surface area contributed by atoms with Crippen molar-refractivity contribution in [3.8, 4) is 10.6 Å². The second kappa shape index (κ2) is 5.10. The number of H-pyrrole nitrogens is 1. The van der Waals surface area contributed by atoms with Crippen molar-refractivity contribution in [1.82, 2.24) is 15.5 Å². The van der Waals surface area contributed by atoms with E-state index in [1.807, 2.05) is 17.5 Å². The molecular weight excluding hydrogens is 294 g/mol. The van der Waals surface area contributed by atoms with Crippen molar-refractivity contribution in [2.75, 3.05) is 0 Å². The highest BCUT2D eigenvalue weighted by Gasteiger charge is 2.35. The first kappa shape index (κ1) is 13.3. The number of benzene rings is 1. The Morgan fingerprint density at radius 1 is 1.23 bits per heavy atom. The summed E-state index contributed by atoms with van der Waals surface area (Å²) in [5, 5.41) is 12.3. The van der Waals surface area contributed by atoms with E-state index in [0.29, 0.717) is 5.69 Å². The highest BCUT2D eigenvalue weighted by atomic mass is 32.1. The molecule has 0 saturated carbocycles. The summed E-state index contributed by atoms with van der Waals surface area (Å²) in [6, 6.07) is 12.3. The number of hydrogen-bond donors (Lipinski definition) is 2. The molecule has 0 radical (unpaired) electrons. The third-order valence-electron chi connectivity index (χ3n) is 4.07. The van der Waals surface area contributed by atoms with Crippen molar-refractivity contribution in [3.63, 3.8) is 0 Å². The number of aromatic amines is 1. The van der Waals surface area contributed by atoms with Crippen LogP contribution in [0.5, 0.6) is 0 Å². The fourth-order valence-electron chi connectivity index (χ4n) is 2.88. The number of hydrogen-bond acceptors (Lipinski definition) is 3. The van der Waals surface area contributed by atoms with Gasteiger partial charge in [0.05, 0.1) is 16.6 Å². The lowest BCUT2D eigenvalue weighted by atomic mass is 9.98. The van der Waals surface area contributed by atoms with Crippen LogP contribution in [0.2, 0.25) is 0 Å². The van der Waals surface area contributed by atoms with E-state index in [9.17, 15) is 4.79 Å². The third kappa shape index (κ3) is 1.97. The number of rotatable bonds is 3. The third-order valence-corrected chi connectivity index (χ3v) is 4.96. The van der Waals surface area contributed by atoms with Gasteiger partial charge in [0.25, 0.3) is 5.91 Å². The molecule has 0 spiro atoms. The molecule has 1 amide bonds. The molecule has 4 rings (SSSR count). The lowest BCUT2D eigenvalue weighted by Crippen LogP contribution is -2.21. The zero-order valence-corrected chi connectivity index (χ0v) is 12.9. The van der Waals surface area contributed by atoms with Gasteiger partial charge in [-0.3, -0.25) is 9.89 Å². The van der Waals surface area contributed by atoms with E-state index >= 15 is 0 Å². The van der Waals surface area contributed by atoms with Crippen molar-refractivity contribution in [3.05, 3.63) is 64.2 Å². The average molecular weight is 309 g/mol. The fraction of sp³-hybridized carbons (Fsp3) is 0.176. The summed E-state index contributed by atoms with van der Waals surface area (Å²) in [5.74, 6) is -0.112. The molecule has 0 saturated heterocycles. The van der Waals surface area contributed by atoms with Crippen LogP contribution in [0.25, 0.3) is 10.6 Å². The number of nitrogens with one attached hydrogen (secondary N) is 2. The van der Waals surface area contributed by atoms with Crippen molar-refractivity contribution in [1.29, 1.82) is 0 Å². The van der Waals surface area contributed by atoms with Gasteiger partial charge in [-0.2, -0.15) is 5.10 Å². The topological polar surface area (TPSA) is 57.8 Å². The molecule has 0 bridgehead atoms. The summed E-state index contributed by atoms with van der Waals surface area (Å²) in [7, 11) is 0. The van der Waals surface area contributed by atoms with Crippen LogP contribution < -0.4 is 5.32 Å². The Balaban J connectivity index is 1.81. The van der Waals surface area contributed by atoms with Gasteiger partial charge in [0.15, 0.2) is 5.69 Å². The summed E-state index contributed by atoms with van der Waals surface area (Å²) in [4.78, 5) is 13.3. The quantitative estimate of drug-likeness (QED) is 0.777. The Kier molecular flexibility index (Phi) is 3.08. The summed E-state index contributed by atoms with van der Waals surface area (Å²) < 4.78 is 0. The van der Waals surface area contributed by atoms with Crippen LogP contribution in [-0.4, -0.2) is 16.1 Å². The number of aromatic nitrogens is 2. The second-order valence-electron chi connectivity index (χ2n) is 5.34. The molecule has 110 valence electrons. The van der Waals surface area contributed by atoms with Gasteiger partial charge in [-0.05, 0) is 29.0 Å². The summed E-state index contributed by atoms with van der Waals surface area (Å²) in [6.45, 7) is 2.13. The minimum absolute atomic E-state index is 0.112. The van der Waals surface area contributed by atoms with E-state index < -0.39 is 0 Å². The number of aryl methyl sites for hydroxylation is 1. The van der Waals surface area contributed by atoms with Crippen molar-refractivity contribution in [2.45, 2.75) is 19.4 Å². The summed E-state index contributed by atoms with van der Waals surface area (Å²) in [5.41, 5.74) is 4.78. The van der Waals surface area contributed by atoms with Crippen molar-refractivity contribution >= 4 is 17.2 Å². The van der Waals surface area contributed by atoms with Gasteiger partial charge in [-0.1, -0.05) is 37.3 Å². The van der Waals surface area contributed by atoms with Crippen LogP contribution in [0, 0.1) is 0 Å². The second-order valence-corrected chi connectivity index (χ2v) is 6.29. The number of thiophene rings is 1. The predicted octanol–water partition coefficient (Wildman–Crippen LogP) is 3.53. The molecular formula is C17H15N3OS. The Labute approximate surface area is 132 Å². The van der Waals surface area contributed by atoms with Crippen LogP contribution >= 0.6 is 11.3 Å². The van der Waals surface area contributed by atoms with Gasteiger partial charge >= 0.3 is 0 Å². The molecule has 2 aromatic heterocycles. The van der Waals surface area contributed by atoms with Crippen LogP contribution in [0.4, 0.5) is 0 Å². The number of carbonyl (C=O) groups excluding carboxylic acids is 1. The normalized spacial score (nSPS) is 16.6. The van der Waals surface area contributed by atoms with Gasteiger partial charge < -0.3 is 5.32 Å². The van der Waals surface area contributed by atoms with E-state index in [0.717, 1.165) is 28.1 Å². The van der Waals surface area contributed by atoms with Crippen LogP contribution in [0.3, 0.4) is 0 Å². The smallest absolute Gasteiger partial charge is 0.272 e. The monoisotopic (exact) mass is 309 g/mol. The van der Waals surface area contributed by atoms with Crippen molar-refractivity contribution in [2.24, 2.45) is 0 Å². The molecule has 0 fully saturated rings. The molecule has 3 aromatic rings. The first-order valence-corrected chi connectivity index (χ1v) is 8.17. The van der Waals surface area contributed by atoms with E-state index in [-0.39, 0.29) is 11.9 Å². The number of amides is 1. The zero-order chi connectivity index (χ0) is 15.1. The molecule has 4 nitrogen and oxygen atoms in total. The number of carbonyl (C=O) groups is 1. The Hall–Kier alpha value is -2.40. The molecule has 1 aromatic carbocycles. The Morgan fingerprint density at radius 2 is 2.05 bits per heavy atom. The van der Waals surface area contributed by atoms with E-state index in [1.165, 1.54) is 5.56 Å². The molecule has 1 atom stereocenters. The lowest BCUT2D eigenvalue weighted by molar-refractivity contribution is 0.0955. The Bertz CT molecular complexity index is 818. The van der Waals surface area contributed by atoms with Gasteiger partial charge in [0.1, 0.15) is 0 Å².